The summed E-state index contributed by atoms with van der Waals surface area (Å²) in [7, 11) is 0. The predicted molar refractivity (Wildman–Crippen MR) is 102 cm³/mol. The molecule has 1 heterocycles. The molecular weight excluding hydrogens is 330 g/mol. The smallest absolute Gasteiger partial charge is 0.321 e. The number of thioether (sulfide) groups is 1. The molecule has 0 radical (unpaired) electrons. The molecule has 0 aliphatic carbocycles. The van der Waals surface area contributed by atoms with Crippen LogP contribution in [0.1, 0.15) is 18.4 Å². The lowest BCUT2D eigenvalue weighted by Crippen LogP contribution is -2.46. The van der Waals surface area contributed by atoms with Gasteiger partial charge in [-0.25, -0.2) is 4.79 Å². The first-order chi connectivity index (χ1) is 12.2. The molecule has 2 amide bonds. The lowest BCUT2D eigenvalue weighted by Gasteiger charge is -2.37. The molecule has 1 N–H and O–H groups in total. The average molecular weight is 351 g/mol. The monoisotopic (exact) mass is 351 g/mol. The van der Waals surface area contributed by atoms with E-state index in [0.717, 1.165) is 16.1 Å². The van der Waals surface area contributed by atoms with Crippen molar-refractivity contribution in [2.24, 2.45) is 0 Å². The number of urea groups is 1. The number of carbonyl (C=O) groups excluding carboxylic acids is 1. The summed E-state index contributed by atoms with van der Waals surface area (Å²) in [5.74, 6) is 0. The number of anilines is 1. The van der Waals surface area contributed by atoms with E-state index in [0.29, 0.717) is 25.9 Å². The van der Waals surface area contributed by atoms with Gasteiger partial charge in [0, 0.05) is 23.7 Å². The average Bonchev–Trinajstić information content (AvgIpc) is 2.69. The molecule has 25 heavy (non-hydrogen) atoms. The Labute approximate surface area is 152 Å². The quantitative estimate of drug-likeness (QED) is 0.829. The van der Waals surface area contributed by atoms with E-state index in [1.54, 1.807) is 16.7 Å². The van der Waals surface area contributed by atoms with Crippen LogP contribution in [0.25, 0.3) is 0 Å². The van der Waals surface area contributed by atoms with Crippen LogP contribution in [0.15, 0.2) is 59.5 Å². The molecule has 0 aromatic heterocycles. The van der Waals surface area contributed by atoms with E-state index in [1.165, 1.54) is 0 Å². The molecule has 0 atom stereocenters. The third-order valence-corrected chi connectivity index (χ3v) is 5.53. The van der Waals surface area contributed by atoms with Crippen LogP contribution in [-0.4, -0.2) is 30.3 Å². The van der Waals surface area contributed by atoms with Crippen LogP contribution in [0.2, 0.25) is 0 Å². The molecule has 1 fully saturated rings. The maximum Gasteiger partial charge on any atom is 0.321 e. The summed E-state index contributed by atoms with van der Waals surface area (Å²) in [4.78, 5) is 15.4. The van der Waals surface area contributed by atoms with Crippen molar-refractivity contribution in [3.63, 3.8) is 0 Å². The van der Waals surface area contributed by atoms with Crippen molar-refractivity contribution >= 4 is 23.5 Å². The Kier molecular flexibility index (Phi) is 5.30. The first kappa shape index (κ1) is 17.4. The first-order valence-corrected chi connectivity index (χ1v) is 9.56. The van der Waals surface area contributed by atoms with Gasteiger partial charge in [-0.05, 0) is 48.9 Å². The summed E-state index contributed by atoms with van der Waals surface area (Å²) in [6, 6.07) is 20.1. The highest BCUT2D eigenvalue weighted by Gasteiger charge is 2.37. The Hall–Kier alpha value is -2.45. The van der Waals surface area contributed by atoms with Crippen LogP contribution in [0.3, 0.4) is 0 Å². The summed E-state index contributed by atoms with van der Waals surface area (Å²) < 4.78 is 0. The van der Waals surface area contributed by atoms with E-state index in [2.05, 4.69) is 11.4 Å². The molecule has 0 saturated carbocycles. The number of carbonyl (C=O) groups is 1. The predicted octanol–water partition coefficient (Wildman–Crippen LogP) is 4.50. The molecule has 1 aliphatic heterocycles. The maximum absolute atomic E-state index is 12.5. The van der Waals surface area contributed by atoms with Crippen LogP contribution < -0.4 is 5.32 Å². The van der Waals surface area contributed by atoms with Gasteiger partial charge in [0.05, 0.1) is 11.5 Å². The van der Waals surface area contributed by atoms with Crippen molar-refractivity contribution in [3.05, 3.63) is 60.2 Å². The summed E-state index contributed by atoms with van der Waals surface area (Å²) >= 11 is 1.67. The zero-order valence-electron chi connectivity index (χ0n) is 14.2. The second-order valence-corrected chi connectivity index (χ2v) is 7.09. The number of piperidine rings is 1. The SMILES string of the molecule is CSc1ccc(NC(=O)N2CCC(C#N)(c3ccccc3)CC2)cc1. The number of rotatable bonds is 3. The van der Waals surface area contributed by atoms with Crippen molar-refractivity contribution in [2.45, 2.75) is 23.2 Å². The maximum atomic E-state index is 12.5. The number of hydrogen-bond donors (Lipinski definition) is 1. The van der Waals surface area contributed by atoms with Gasteiger partial charge in [0.2, 0.25) is 0 Å². The highest BCUT2D eigenvalue weighted by atomic mass is 32.2. The van der Waals surface area contributed by atoms with E-state index in [9.17, 15) is 10.1 Å². The molecule has 2 aromatic rings. The summed E-state index contributed by atoms with van der Waals surface area (Å²) in [6.07, 6.45) is 3.34. The van der Waals surface area contributed by atoms with Gasteiger partial charge < -0.3 is 10.2 Å². The normalized spacial score (nSPS) is 16.1. The van der Waals surface area contributed by atoms with E-state index in [-0.39, 0.29) is 6.03 Å². The first-order valence-electron chi connectivity index (χ1n) is 8.34. The Morgan fingerprint density at radius 3 is 2.32 bits per heavy atom. The van der Waals surface area contributed by atoms with E-state index < -0.39 is 5.41 Å². The Morgan fingerprint density at radius 1 is 1.12 bits per heavy atom. The van der Waals surface area contributed by atoms with Crippen LogP contribution in [0.4, 0.5) is 10.5 Å². The van der Waals surface area contributed by atoms with Gasteiger partial charge in [-0.2, -0.15) is 5.26 Å². The highest BCUT2D eigenvalue weighted by molar-refractivity contribution is 7.98. The second-order valence-electron chi connectivity index (χ2n) is 6.21. The molecule has 2 aromatic carbocycles. The fourth-order valence-electron chi connectivity index (χ4n) is 3.19. The van der Waals surface area contributed by atoms with E-state index >= 15 is 0 Å². The van der Waals surface area contributed by atoms with Crippen molar-refractivity contribution < 1.29 is 4.79 Å². The van der Waals surface area contributed by atoms with Crippen molar-refractivity contribution in [1.29, 1.82) is 5.26 Å². The molecule has 1 aliphatic rings. The number of benzene rings is 2. The van der Waals surface area contributed by atoms with Gasteiger partial charge >= 0.3 is 6.03 Å². The molecule has 0 bridgehead atoms. The van der Waals surface area contributed by atoms with Crippen molar-refractivity contribution in [1.82, 2.24) is 4.90 Å². The molecule has 0 unspecified atom stereocenters. The summed E-state index contributed by atoms with van der Waals surface area (Å²) in [6.45, 7) is 1.16. The van der Waals surface area contributed by atoms with Crippen LogP contribution in [0, 0.1) is 11.3 Å². The third kappa shape index (κ3) is 3.80. The van der Waals surface area contributed by atoms with Gasteiger partial charge in [0.15, 0.2) is 0 Å². The fourth-order valence-corrected chi connectivity index (χ4v) is 3.60. The zero-order chi connectivity index (χ0) is 17.7. The number of amides is 2. The van der Waals surface area contributed by atoms with Crippen molar-refractivity contribution in [2.75, 3.05) is 24.7 Å². The zero-order valence-corrected chi connectivity index (χ0v) is 15.1. The molecule has 0 spiro atoms. The van der Waals surface area contributed by atoms with E-state index in [1.807, 2.05) is 60.9 Å². The highest BCUT2D eigenvalue weighted by Crippen LogP contribution is 2.35. The van der Waals surface area contributed by atoms with Gasteiger partial charge in [-0.1, -0.05) is 30.3 Å². The summed E-state index contributed by atoms with van der Waals surface area (Å²) in [5, 5.41) is 12.7. The Morgan fingerprint density at radius 2 is 1.76 bits per heavy atom. The third-order valence-electron chi connectivity index (χ3n) is 4.79. The van der Waals surface area contributed by atoms with Gasteiger partial charge in [0.25, 0.3) is 0 Å². The van der Waals surface area contributed by atoms with Gasteiger partial charge in [0.1, 0.15) is 0 Å². The largest absolute Gasteiger partial charge is 0.324 e. The fraction of sp³-hybridized carbons (Fsp3) is 0.300. The molecule has 128 valence electrons. The van der Waals surface area contributed by atoms with E-state index in [4.69, 9.17) is 0 Å². The number of nitriles is 1. The summed E-state index contributed by atoms with van der Waals surface area (Å²) in [5.41, 5.74) is 1.35. The number of likely N-dealkylation sites (tertiary alicyclic amines) is 1. The van der Waals surface area contributed by atoms with Crippen molar-refractivity contribution in [3.8, 4) is 6.07 Å². The molecule has 1 saturated heterocycles. The minimum Gasteiger partial charge on any atom is -0.324 e. The van der Waals surface area contributed by atoms with Gasteiger partial charge in [-0.15, -0.1) is 11.8 Å². The lowest BCUT2D eigenvalue weighted by molar-refractivity contribution is 0.183. The number of hydrogen-bond acceptors (Lipinski definition) is 3. The second kappa shape index (κ2) is 7.62. The minimum atomic E-state index is -0.488. The Balaban J connectivity index is 1.63. The topological polar surface area (TPSA) is 56.1 Å². The van der Waals surface area contributed by atoms with Crippen LogP contribution >= 0.6 is 11.8 Å². The lowest BCUT2D eigenvalue weighted by atomic mass is 9.74. The van der Waals surface area contributed by atoms with Crippen LogP contribution in [0.5, 0.6) is 0 Å². The number of nitrogens with zero attached hydrogens (tertiary/aromatic N) is 2. The van der Waals surface area contributed by atoms with Crippen LogP contribution in [-0.2, 0) is 5.41 Å². The molecule has 4 nitrogen and oxygen atoms in total. The molecular formula is C20H21N3OS. The minimum absolute atomic E-state index is 0.100. The number of nitrogens with one attached hydrogen (secondary N) is 1. The Bertz CT molecular complexity index is 760. The standard InChI is InChI=1S/C20H21N3OS/c1-25-18-9-7-17(8-10-18)22-19(24)23-13-11-20(15-21,12-14-23)16-5-3-2-4-6-16/h2-10H,11-14H2,1H3,(H,22,24). The molecule has 5 heteroatoms. The molecule has 3 rings (SSSR count). The van der Waals surface area contributed by atoms with Gasteiger partial charge in [-0.3, -0.25) is 0 Å².